The van der Waals surface area contributed by atoms with Gasteiger partial charge >= 0.3 is 0 Å². The second-order valence-electron chi connectivity index (χ2n) is 4.88. The van der Waals surface area contributed by atoms with Gasteiger partial charge in [-0.2, -0.15) is 0 Å². The molecule has 0 amide bonds. The highest BCUT2D eigenvalue weighted by Gasteiger charge is 2.07. The summed E-state index contributed by atoms with van der Waals surface area (Å²) in [4.78, 5) is 0. The summed E-state index contributed by atoms with van der Waals surface area (Å²) in [5, 5.41) is 4.23. The molecule has 0 aliphatic heterocycles. The minimum atomic E-state index is 0.209. The molecule has 2 aromatic carbocycles. The second-order valence-corrected chi connectivity index (χ2v) is 5.31. The fourth-order valence-electron chi connectivity index (χ4n) is 2.13. The van der Waals surface area contributed by atoms with Crippen LogP contribution in [-0.4, -0.2) is 14.2 Å². The van der Waals surface area contributed by atoms with Crippen LogP contribution in [0.15, 0.2) is 42.5 Å². The van der Waals surface area contributed by atoms with E-state index in [1.54, 1.807) is 14.2 Å². The SMILES string of the molecule is COc1cc(CNC(C)c2cccc(Cl)c2)cc(OC)c1. The Labute approximate surface area is 130 Å². The third kappa shape index (κ3) is 4.38. The van der Waals surface area contributed by atoms with Crippen molar-refractivity contribution in [3.8, 4) is 11.5 Å². The van der Waals surface area contributed by atoms with Crippen LogP contribution in [0.3, 0.4) is 0 Å². The van der Waals surface area contributed by atoms with Crippen LogP contribution < -0.4 is 14.8 Å². The van der Waals surface area contributed by atoms with Gasteiger partial charge in [0.25, 0.3) is 0 Å². The van der Waals surface area contributed by atoms with Gasteiger partial charge in [-0.15, -0.1) is 0 Å². The summed E-state index contributed by atoms with van der Waals surface area (Å²) in [6.45, 7) is 2.84. The average molecular weight is 306 g/mol. The summed E-state index contributed by atoms with van der Waals surface area (Å²) in [7, 11) is 3.31. The predicted octanol–water partition coefficient (Wildman–Crippen LogP) is 4.21. The first-order valence-electron chi connectivity index (χ1n) is 6.83. The zero-order valence-corrected chi connectivity index (χ0v) is 13.3. The molecule has 0 aliphatic rings. The average Bonchev–Trinajstić information content (AvgIpc) is 2.52. The van der Waals surface area contributed by atoms with Crippen molar-refractivity contribution in [2.24, 2.45) is 0 Å². The Morgan fingerprint density at radius 2 is 1.71 bits per heavy atom. The zero-order valence-electron chi connectivity index (χ0n) is 12.5. The maximum atomic E-state index is 6.02. The maximum Gasteiger partial charge on any atom is 0.122 e. The standard InChI is InChI=1S/C17H20ClNO2/c1-12(14-5-4-6-15(18)9-14)19-11-13-7-16(20-2)10-17(8-13)21-3/h4-10,12,19H,11H2,1-3H3. The molecule has 4 heteroatoms. The third-order valence-electron chi connectivity index (χ3n) is 3.37. The zero-order chi connectivity index (χ0) is 15.2. The van der Waals surface area contributed by atoms with E-state index >= 15 is 0 Å². The van der Waals surface area contributed by atoms with Gasteiger partial charge in [0, 0.05) is 23.7 Å². The minimum absolute atomic E-state index is 0.209. The van der Waals surface area contributed by atoms with Gasteiger partial charge in [0.15, 0.2) is 0 Å². The summed E-state index contributed by atoms with van der Waals surface area (Å²) in [6, 6.07) is 14.0. The highest BCUT2D eigenvalue weighted by atomic mass is 35.5. The molecule has 1 N–H and O–H groups in total. The second kappa shape index (κ2) is 7.34. The van der Waals surface area contributed by atoms with E-state index in [1.165, 1.54) is 0 Å². The van der Waals surface area contributed by atoms with E-state index in [-0.39, 0.29) is 6.04 Å². The topological polar surface area (TPSA) is 30.5 Å². The lowest BCUT2D eigenvalue weighted by molar-refractivity contribution is 0.392. The fourth-order valence-corrected chi connectivity index (χ4v) is 2.33. The lowest BCUT2D eigenvalue weighted by Gasteiger charge is -2.15. The fraction of sp³-hybridized carbons (Fsp3) is 0.294. The van der Waals surface area contributed by atoms with E-state index in [0.29, 0.717) is 0 Å². The van der Waals surface area contributed by atoms with Crippen LogP contribution in [0.25, 0.3) is 0 Å². The largest absolute Gasteiger partial charge is 0.497 e. The highest BCUT2D eigenvalue weighted by molar-refractivity contribution is 6.30. The molecule has 21 heavy (non-hydrogen) atoms. The van der Waals surface area contributed by atoms with E-state index in [9.17, 15) is 0 Å². The van der Waals surface area contributed by atoms with E-state index in [4.69, 9.17) is 21.1 Å². The summed E-state index contributed by atoms with van der Waals surface area (Å²) in [5.41, 5.74) is 2.28. The van der Waals surface area contributed by atoms with Gasteiger partial charge in [0.2, 0.25) is 0 Å². The van der Waals surface area contributed by atoms with Crippen LogP contribution in [0, 0.1) is 0 Å². The number of nitrogens with one attached hydrogen (secondary N) is 1. The lowest BCUT2D eigenvalue weighted by Crippen LogP contribution is -2.18. The lowest BCUT2D eigenvalue weighted by atomic mass is 10.1. The monoisotopic (exact) mass is 305 g/mol. The van der Waals surface area contributed by atoms with Gasteiger partial charge in [-0.3, -0.25) is 0 Å². The molecule has 0 aromatic heterocycles. The van der Waals surface area contributed by atoms with Crippen LogP contribution in [0.4, 0.5) is 0 Å². The molecule has 0 radical (unpaired) electrons. The van der Waals surface area contributed by atoms with Gasteiger partial charge in [-0.05, 0) is 42.3 Å². The molecule has 1 atom stereocenters. The Balaban J connectivity index is 2.05. The third-order valence-corrected chi connectivity index (χ3v) is 3.61. The molecule has 0 saturated carbocycles. The molecule has 0 saturated heterocycles. The molecule has 0 bridgehead atoms. The molecule has 3 nitrogen and oxygen atoms in total. The first-order chi connectivity index (χ1) is 10.1. The van der Waals surface area contributed by atoms with Crippen molar-refractivity contribution in [2.45, 2.75) is 19.5 Å². The van der Waals surface area contributed by atoms with Crippen molar-refractivity contribution < 1.29 is 9.47 Å². The molecule has 2 rings (SSSR count). The molecule has 2 aromatic rings. The van der Waals surface area contributed by atoms with Gasteiger partial charge in [-0.1, -0.05) is 23.7 Å². The molecule has 0 heterocycles. The van der Waals surface area contributed by atoms with Crippen LogP contribution in [0.2, 0.25) is 5.02 Å². The van der Waals surface area contributed by atoms with Crippen molar-refractivity contribution in [1.82, 2.24) is 5.32 Å². The Hall–Kier alpha value is -1.71. The van der Waals surface area contributed by atoms with Crippen LogP contribution >= 0.6 is 11.6 Å². The minimum Gasteiger partial charge on any atom is -0.497 e. The Kier molecular flexibility index (Phi) is 5.48. The van der Waals surface area contributed by atoms with E-state index in [1.807, 2.05) is 36.4 Å². The van der Waals surface area contributed by atoms with E-state index in [2.05, 4.69) is 18.3 Å². The van der Waals surface area contributed by atoms with Crippen molar-refractivity contribution in [2.75, 3.05) is 14.2 Å². The first kappa shape index (κ1) is 15.7. The Morgan fingerprint density at radius 1 is 1.05 bits per heavy atom. The molecule has 0 fully saturated rings. The number of hydrogen-bond acceptors (Lipinski definition) is 3. The molecule has 112 valence electrons. The van der Waals surface area contributed by atoms with E-state index in [0.717, 1.165) is 34.2 Å². The normalized spacial score (nSPS) is 12.0. The van der Waals surface area contributed by atoms with Crippen molar-refractivity contribution in [3.05, 3.63) is 58.6 Å². The van der Waals surface area contributed by atoms with E-state index < -0.39 is 0 Å². The van der Waals surface area contributed by atoms with Crippen LogP contribution in [0.1, 0.15) is 24.1 Å². The number of hydrogen-bond donors (Lipinski definition) is 1. The molecular weight excluding hydrogens is 286 g/mol. The highest BCUT2D eigenvalue weighted by Crippen LogP contribution is 2.23. The smallest absolute Gasteiger partial charge is 0.122 e. The van der Waals surface area contributed by atoms with Crippen molar-refractivity contribution >= 4 is 11.6 Å². The van der Waals surface area contributed by atoms with Gasteiger partial charge in [0.05, 0.1) is 14.2 Å². The number of benzene rings is 2. The predicted molar refractivity (Wildman–Crippen MR) is 86.3 cm³/mol. The van der Waals surface area contributed by atoms with Crippen molar-refractivity contribution in [1.29, 1.82) is 0 Å². The number of rotatable bonds is 6. The Morgan fingerprint density at radius 3 is 2.29 bits per heavy atom. The van der Waals surface area contributed by atoms with Gasteiger partial charge < -0.3 is 14.8 Å². The molecule has 0 aliphatic carbocycles. The van der Waals surface area contributed by atoms with Gasteiger partial charge in [0.1, 0.15) is 11.5 Å². The maximum absolute atomic E-state index is 6.02. The van der Waals surface area contributed by atoms with Gasteiger partial charge in [-0.25, -0.2) is 0 Å². The summed E-state index contributed by atoms with van der Waals surface area (Å²) >= 11 is 6.02. The summed E-state index contributed by atoms with van der Waals surface area (Å²) < 4.78 is 10.6. The summed E-state index contributed by atoms with van der Waals surface area (Å²) in [5.74, 6) is 1.59. The summed E-state index contributed by atoms with van der Waals surface area (Å²) in [6.07, 6.45) is 0. The first-order valence-corrected chi connectivity index (χ1v) is 7.21. The van der Waals surface area contributed by atoms with Crippen LogP contribution in [0.5, 0.6) is 11.5 Å². The quantitative estimate of drug-likeness (QED) is 0.867. The van der Waals surface area contributed by atoms with Crippen molar-refractivity contribution in [3.63, 3.8) is 0 Å². The number of halogens is 1. The number of methoxy groups -OCH3 is 2. The van der Waals surface area contributed by atoms with Crippen LogP contribution in [-0.2, 0) is 6.54 Å². The molecular formula is C17H20ClNO2. The number of ether oxygens (including phenoxy) is 2. The molecule has 0 spiro atoms. The molecule has 1 unspecified atom stereocenters. The Bertz CT molecular complexity index is 579.